The van der Waals surface area contributed by atoms with Crippen LogP contribution in [0.15, 0.2) is 18.2 Å². The zero-order valence-corrected chi connectivity index (χ0v) is 10.2. The molecule has 92 valence electrons. The number of benzene rings is 1. The average Bonchev–Trinajstić information content (AvgIpc) is 3.18. The van der Waals surface area contributed by atoms with Crippen molar-refractivity contribution in [3.05, 3.63) is 23.8 Å². The zero-order valence-electron chi connectivity index (χ0n) is 10.2. The molecule has 1 aromatic carbocycles. The molecule has 1 fully saturated rings. The first-order valence-corrected chi connectivity index (χ1v) is 5.63. The molecule has 2 rings (SSSR count). The van der Waals surface area contributed by atoms with E-state index in [1.54, 1.807) is 32.4 Å². The number of methoxy groups -OCH3 is 2. The smallest absolute Gasteiger partial charge is 0.170 e. The van der Waals surface area contributed by atoms with Gasteiger partial charge < -0.3 is 15.2 Å². The van der Waals surface area contributed by atoms with Crippen LogP contribution >= 0.6 is 0 Å². The number of nitrogens with two attached hydrogens (primary N) is 1. The Balaban J connectivity index is 2.34. The van der Waals surface area contributed by atoms with Crippen molar-refractivity contribution in [1.82, 2.24) is 0 Å². The van der Waals surface area contributed by atoms with Gasteiger partial charge in [-0.3, -0.25) is 4.79 Å². The molecule has 1 aliphatic carbocycles. The summed E-state index contributed by atoms with van der Waals surface area (Å²) in [5.74, 6) is 1.35. The van der Waals surface area contributed by atoms with E-state index in [9.17, 15) is 4.79 Å². The number of rotatable bonds is 5. The summed E-state index contributed by atoms with van der Waals surface area (Å²) in [5, 5.41) is 0. The van der Waals surface area contributed by atoms with Gasteiger partial charge >= 0.3 is 0 Å². The topological polar surface area (TPSA) is 61.5 Å². The van der Waals surface area contributed by atoms with Crippen LogP contribution in [0.3, 0.4) is 0 Å². The molecule has 0 spiro atoms. The van der Waals surface area contributed by atoms with E-state index in [1.165, 1.54) is 0 Å². The SMILES string of the molecule is COc1cc(OC)cc(C(=O)C2(CN)CC2)c1. The fourth-order valence-corrected chi connectivity index (χ4v) is 1.92. The van der Waals surface area contributed by atoms with Gasteiger partial charge in [0.2, 0.25) is 0 Å². The van der Waals surface area contributed by atoms with Crippen LogP contribution in [0, 0.1) is 5.41 Å². The van der Waals surface area contributed by atoms with Crippen molar-refractivity contribution in [2.24, 2.45) is 11.1 Å². The first-order chi connectivity index (χ1) is 8.15. The minimum absolute atomic E-state index is 0.0946. The summed E-state index contributed by atoms with van der Waals surface area (Å²) in [4.78, 5) is 12.3. The van der Waals surface area contributed by atoms with E-state index in [2.05, 4.69) is 0 Å². The van der Waals surface area contributed by atoms with E-state index in [0.717, 1.165) is 12.8 Å². The number of Topliss-reactive ketones (excluding diaryl/α,β-unsaturated/α-hetero) is 1. The fourth-order valence-electron chi connectivity index (χ4n) is 1.92. The van der Waals surface area contributed by atoms with E-state index < -0.39 is 0 Å². The Hall–Kier alpha value is -1.55. The lowest BCUT2D eigenvalue weighted by atomic mass is 9.94. The summed E-state index contributed by atoms with van der Waals surface area (Å²) in [6.45, 7) is 0.408. The Kier molecular flexibility index (Phi) is 3.07. The Morgan fingerprint density at radius 1 is 1.24 bits per heavy atom. The molecule has 0 amide bonds. The second kappa shape index (κ2) is 4.37. The highest BCUT2D eigenvalue weighted by Crippen LogP contribution is 2.47. The normalized spacial score (nSPS) is 16.4. The van der Waals surface area contributed by atoms with Gasteiger partial charge in [0, 0.05) is 23.6 Å². The van der Waals surface area contributed by atoms with Gasteiger partial charge in [-0.25, -0.2) is 0 Å². The molecule has 1 saturated carbocycles. The molecule has 0 radical (unpaired) electrons. The molecule has 0 aliphatic heterocycles. The van der Waals surface area contributed by atoms with Crippen molar-refractivity contribution in [3.63, 3.8) is 0 Å². The number of ketones is 1. The van der Waals surface area contributed by atoms with Crippen molar-refractivity contribution in [2.75, 3.05) is 20.8 Å². The maximum Gasteiger partial charge on any atom is 0.170 e. The van der Waals surface area contributed by atoms with Crippen LogP contribution in [0.25, 0.3) is 0 Å². The lowest BCUT2D eigenvalue weighted by molar-refractivity contribution is 0.0905. The van der Waals surface area contributed by atoms with Gasteiger partial charge in [-0.15, -0.1) is 0 Å². The molecule has 1 aromatic rings. The highest BCUT2D eigenvalue weighted by atomic mass is 16.5. The van der Waals surface area contributed by atoms with Gasteiger partial charge in [0.1, 0.15) is 11.5 Å². The number of hydrogen-bond donors (Lipinski definition) is 1. The van der Waals surface area contributed by atoms with Crippen LogP contribution in [0.4, 0.5) is 0 Å². The Labute approximate surface area is 101 Å². The molecule has 1 aliphatic rings. The number of ether oxygens (including phenoxy) is 2. The predicted molar refractivity (Wildman–Crippen MR) is 64.6 cm³/mol. The molecule has 2 N–H and O–H groups in total. The molecular weight excluding hydrogens is 218 g/mol. The van der Waals surface area contributed by atoms with E-state index in [4.69, 9.17) is 15.2 Å². The molecule has 4 nitrogen and oxygen atoms in total. The molecular formula is C13H17NO3. The number of hydrogen-bond acceptors (Lipinski definition) is 4. The lowest BCUT2D eigenvalue weighted by Gasteiger charge is -2.13. The lowest BCUT2D eigenvalue weighted by Crippen LogP contribution is -2.25. The Morgan fingerprint density at radius 2 is 1.76 bits per heavy atom. The molecule has 4 heteroatoms. The maximum atomic E-state index is 12.3. The highest BCUT2D eigenvalue weighted by Gasteiger charge is 2.48. The third-order valence-corrected chi connectivity index (χ3v) is 3.34. The Bertz CT molecular complexity index is 416. The van der Waals surface area contributed by atoms with E-state index >= 15 is 0 Å². The minimum Gasteiger partial charge on any atom is -0.497 e. The standard InChI is InChI=1S/C13H17NO3/c1-16-10-5-9(6-11(7-10)17-2)12(15)13(8-14)3-4-13/h5-7H,3-4,8,14H2,1-2H3. The summed E-state index contributed by atoms with van der Waals surface area (Å²) in [6.07, 6.45) is 1.75. The van der Waals surface area contributed by atoms with Crippen molar-refractivity contribution >= 4 is 5.78 Å². The van der Waals surface area contributed by atoms with Gasteiger partial charge in [-0.1, -0.05) is 0 Å². The van der Waals surface area contributed by atoms with Crippen LogP contribution in [0.2, 0.25) is 0 Å². The van der Waals surface area contributed by atoms with Crippen LogP contribution < -0.4 is 15.2 Å². The quantitative estimate of drug-likeness (QED) is 0.788. The highest BCUT2D eigenvalue weighted by molar-refractivity contribution is 6.03. The molecule has 0 heterocycles. The predicted octanol–water partition coefficient (Wildman–Crippen LogP) is 1.63. The van der Waals surface area contributed by atoms with Gasteiger partial charge in [0.15, 0.2) is 5.78 Å². The first kappa shape index (κ1) is 11.9. The second-order valence-electron chi connectivity index (χ2n) is 4.41. The third-order valence-electron chi connectivity index (χ3n) is 3.34. The Morgan fingerprint density at radius 3 is 2.12 bits per heavy atom. The number of carbonyl (C=O) groups is 1. The summed E-state index contributed by atoms with van der Waals surface area (Å²) < 4.78 is 10.3. The monoisotopic (exact) mass is 235 g/mol. The van der Waals surface area contributed by atoms with Crippen molar-refractivity contribution in [3.8, 4) is 11.5 Å². The minimum atomic E-state index is -0.336. The molecule has 0 bridgehead atoms. The van der Waals surface area contributed by atoms with Crippen molar-refractivity contribution in [1.29, 1.82) is 0 Å². The van der Waals surface area contributed by atoms with E-state index in [1.807, 2.05) is 0 Å². The van der Waals surface area contributed by atoms with Crippen LogP contribution in [-0.4, -0.2) is 26.5 Å². The summed E-state index contributed by atoms with van der Waals surface area (Å²) in [5.41, 5.74) is 5.94. The first-order valence-electron chi connectivity index (χ1n) is 5.63. The van der Waals surface area contributed by atoms with E-state index in [-0.39, 0.29) is 11.2 Å². The summed E-state index contributed by atoms with van der Waals surface area (Å²) >= 11 is 0. The van der Waals surface area contributed by atoms with Crippen LogP contribution in [0.1, 0.15) is 23.2 Å². The van der Waals surface area contributed by atoms with E-state index in [0.29, 0.717) is 23.6 Å². The third kappa shape index (κ3) is 2.13. The average molecular weight is 235 g/mol. The van der Waals surface area contributed by atoms with Crippen molar-refractivity contribution in [2.45, 2.75) is 12.8 Å². The van der Waals surface area contributed by atoms with Crippen LogP contribution in [-0.2, 0) is 0 Å². The second-order valence-corrected chi connectivity index (χ2v) is 4.41. The largest absolute Gasteiger partial charge is 0.497 e. The molecule has 0 unspecified atom stereocenters. The van der Waals surface area contributed by atoms with Gasteiger partial charge in [0.05, 0.1) is 14.2 Å². The van der Waals surface area contributed by atoms with Gasteiger partial charge in [0.25, 0.3) is 0 Å². The van der Waals surface area contributed by atoms with Gasteiger partial charge in [-0.2, -0.15) is 0 Å². The molecule has 0 saturated heterocycles. The fraction of sp³-hybridized carbons (Fsp3) is 0.462. The maximum absolute atomic E-state index is 12.3. The molecule has 17 heavy (non-hydrogen) atoms. The van der Waals surface area contributed by atoms with Crippen molar-refractivity contribution < 1.29 is 14.3 Å². The number of carbonyl (C=O) groups excluding carboxylic acids is 1. The van der Waals surface area contributed by atoms with Crippen LogP contribution in [0.5, 0.6) is 11.5 Å². The zero-order chi connectivity index (χ0) is 12.5. The molecule has 0 aromatic heterocycles. The summed E-state index contributed by atoms with van der Waals surface area (Å²) in [6, 6.07) is 5.22. The summed E-state index contributed by atoms with van der Waals surface area (Å²) in [7, 11) is 3.14. The molecule has 0 atom stereocenters. The van der Waals surface area contributed by atoms with Gasteiger partial charge in [-0.05, 0) is 25.0 Å².